The highest BCUT2D eigenvalue weighted by molar-refractivity contribution is 7.10. The van der Waals surface area contributed by atoms with Crippen LogP contribution in [0.25, 0.3) is 0 Å². The second kappa shape index (κ2) is 5.50. The number of thiophene rings is 1. The van der Waals surface area contributed by atoms with Crippen LogP contribution in [0.2, 0.25) is 0 Å². The maximum Gasteiger partial charge on any atom is 0.326 e. The molecule has 0 saturated heterocycles. The van der Waals surface area contributed by atoms with Gasteiger partial charge in [0.2, 0.25) is 5.91 Å². The third kappa shape index (κ3) is 3.71. The summed E-state index contributed by atoms with van der Waals surface area (Å²) < 4.78 is 0. The van der Waals surface area contributed by atoms with E-state index in [1.807, 2.05) is 17.5 Å². The molecule has 0 aliphatic heterocycles. The van der Waals surface area contributed by atoms with Gasteiger partial charge in [0.05, 0.1) is 6.42 Å². The minimum atomic E-state index is -0.989. The van der Waals surface area contributed by atoms with Gasteiger partial charge in [-0.15, -0.1) is 11.3 Å². The van der Waals surface area contributed by atoms with Crippen molar-refractivity contribution in [1.29, 1.82) is 0 Å². The predicted octanol–water partition coefficient (Wildman–Crippen LogP) is 1.27. The first kappa shape index (κ1) is 11.7. The summed E-state index contributed by atoms with van der Waals surface area (Å²) in [6.45, 7) is 1.73. The van der Waals surface area contributed by atoms with Gasteiger partial charge in [0, 0.05) is 4.88 Å². The van der Waals surface area contributed by atoms with Gasteiger partial charge in [-0.05, 0) is 17.9 Å². The van der Waals surface area contributed by atoms with Gasteiger partial charge in [-0.3, -0.25) is 4.79 Å². The van der Waals surface area contributed by atoms with E-state index in [1.54, 1.807) is 6.92 Å². The highest BCUT2D eigenvalue weighted by Crippen LogP contribution is 2.09. The van der Waals surface area contributed by atoms with Crippen LogP contribution < -0.4 is 5.32 Å². The zero-order chi connectivity index (χ0) is 11.3. The lowest BCUT2D eigenvalue weighted by Crippen LogP contribution is -2.40. The van der Waals surface area contributed by atoms with E-state index in [0.717, 1.165) is 4.88 Å². The largest absolute Gasteiger partial charge is 0.480 e. The molecule has 0 spiro atoms. The molecule has 0 radical (unpaired) electrons. The van der Waals surface area contributed by atoms with Crippen molar-refractivity contribution in [2.24, 2.45) is 0 Å². The van der Waals surface area contributed by atoms with Crippen LogP contribution in [-0.2, 0) is 16.0 Å². The van der Waals surface area contributed by atoms with E-state index in [4.69, 9.17) is 5.11 Å². The maximum atomic E-state index is 11.4. The first-order chi connectivity index (χ1) is 7.13. The fraction of sp³-hybridized carbons (Fsp3) is 0.400. The Kier molecular flexibility index (Phi) is 4.30. The number of aliphatic carboxylic acids is 1. The Morgan fingerprint density at radius 1 is 1.60 bits per heavy atom. The number of carboxylic acid groups (broad SMARTS) is 1. The molecule has 0 bridgehead atoms. The highest BCUT2D eigenvalue weighted by Gasteiger charge is 2.17. The molecule has 0 saturated carbocycles. The van der Waals surface area contributed by atoms with Crippen LogP contribution in [0.5, 0.6) is 0 Å². The molecule has 15 heavy (non-hydrogen) atoms. The van der Waals surface area contributed by atoms with E-state index >= 15 is 0 Å². The quantitative estimate of drug-likeness (QED) is 0.796. The van der Waals surface area contributed by atoms with Crippen LogP contribution in [0, 0.1) is 0 Å². The van der Waals surface area contributed by atoms with Crippen LogP contribution in [0.1, 0.15) is 18.2 Å². The molecular weight excluding hydrogens is 214 g/mol. The number of carboxylic acids is 1. The van der Waals surface area contributed by atoms with Crippen LogP contribution in [0.3, 0.4) is 0 Å². The minimum absolute atomic E-state index is 0.244. The van der Waals surface area contributed by atoms with Crippen molar-refractivity contribution in [3.63, 3.8) is 0 Å². The van der Waals surface area contributed by atoms with Crippen molar-refractivity contribution in [3.8, 4) is 0 Å². The molecule has 0 aromatic carbocycles. The van der Waals surface area contributed by atoms with E-state index in [9.17, 15) is 9.59 Å². The summed E-state index contributed by atoms with van der Waals surface area (Å²) in [5.41, 5.74) is 0. The molecule has 1 aromatic rings. The van der Waals surface area contributed by atoms with Crippen molar-refractivity contribution < 1.29 is 14.7 Å². The first-order valence-electron chi connectivity index (χ1n) is 4.68. The Labute approximate surface area is 91.9 Å². The van der Waals surface area contributed by atoms with Gasteiger partial charge in [0.1, 0.15) is 6.04 Å². The van der Waals surface area contributed by atoms with E-state index in [2.05, 4.69) is 5.32 Å². The van der Waals surface area contributed by atoms with E-state index in [-0.39, 0.29) is 12.3 Å². The molecule has 82 valence electrons. The fourth-order valence-electron chi connectivity index (χ4n) is 1.16. The Hall–Kier alpha value is -1.36. The summed E-state index contributed by atoms with van der Waals surface area (Å²) in [7, 11) is 0. The number of carbonyl (C=O) groups excluding carboxylic acids is 1. The van der Waals surface area contributed by atoms with Crippen molar-refractivity contribution in [2.45, 2.75) is 25.8 Å². The van der Waals surface area contributed by atoms with Crippen LogP contribution in [-0.4, -0.2) is 23.0 Å². The standard InChI is InChI=1S/C10H13NO3S/c1-2-8(10(13)14)11-9(12)6-7-4-3-5-15-7/h3-5,8H,2,6H2,1H3,(H,11,12)(H,13,14)/t8-/m1/s1. The van der Waals surface area contributed by atoms with Crippen molar-refractivity contribution in [2.75, 3.05) is 0 Å². The monoisotopic (exact) mass is 227 g/mol. The molecule has 0 aliphatic rings. The van der Waals surface area contributed by atoms with Crippen LogP contribution in [0.4, 0.5) is 0 Å². The summed E-state index contributed by atoms with van der Waals surface area (Å²) in [4.78, 5) is 23.0. The smallest absolute Gasteiger partial charge is 0.326 e. The van der Waals surface area contributed by atoms with Crippen molar-refractivity contribution in [3.05, 3.63) is 22.4 Å². The lowest BCUT2D eigenvalue weighted by Gasteiger charge is -2.11. The number of rotatable bonds is 5. The van der Waals surface area contributed by atoms with Gasteiger partial charge in [0.25, 0.3) is 0 Å². The summed E-state index contributed by atoms with van der Waals surface area (Å²) in [5.74, 6) is -1.23. The third-order valence-electron chi connectivity index (χ3n) is 1.96. The number of amides is 1. The molecule has 1 aromatic heterocycles. The van der Waals surface area contributed by atoms with Crippen molar-refractivity contribution >= 4 is 23.2 Å². The van der Waals surface area contributed by atoms with Gasteiger partial charge in [-0.2, -0.15) is 0 Å². The molecule has 1 amide bonds. The van der Waals surface area contributed by atoms with Crippen LogP contribution in [0.15, 0.2) is 17.5 Å². The summed E-state index contributed by atoms with van der Waals surface area (Å²) in [5, 5.41) is 13.1. The lowest BCUT2D eigenvalue weighted by molar-refractivity contribution is -0.141. The Bertz CT molecular complexity index is 334. The van der Waals surface area contributed by atoms with Gasteiger partial charge < -0.3 is 10.4 Å². The summed E-state index contributed by atoms with van der Waals surface area (Å²) in [6, 6.07) is 2.94. The SMILES string of the molecule is CC[C@@H](NC(=O)Cc1cccs1)C(=O)O. The van der Waals surface area contributed by atoms with E-state index < -0.39 is 12.0 Å². The Balaban J connectivity index is 2.45. The first-order valence-corrected chi connectivity index (χ1v) is 5.56. The average Bonchev–Trinajstić information content (AvgIpc) is 2.66. The molecule has 0 aliphatic carbocycles. The predicted molar refractivity (Wildman–Crippen MR) is 57.9 cm³/mol. The van der Waals surface area contributed by atoms with E-state index in [0.29, 0.717) is 6.42 Å². The number of hydrogen-bond donors (Lipinski definition) is 2. The maximum absolute atomic E-state index is 11.4. The summed E-state index contributed by atoms with van der Waals surface area (Å²) in [6.07, 6.45) is 0.646. The molecule has 1 heterocycles. The van der Waals surface area contributed by atoms with Gasteiger partial charge in [-0.1, -0.05) is 13.0 Å². The molecular formula is C10H13NO3S. The molecule has 0 fully saturated rings. The number of nitrogens with one attached hydrogen (secondary N) is 1. The summed E-state index contributed by atoms with van der Waals surface area (Å²) >= 11 is 1.49. The lowest BCUT2D eigenvalue weighted by atomic mass is 10.2. The van der Waals surface area contributed by atoms with Gasteiger partial charge in [-0.25, -0.2) is 4.79 Å². The fourth-order valence-corrected chi connectivity index (χ4v) is 1.86. The second-order valence-corrected chi connectivity index (χ2v) is 4.15. The molecule has 4 nitrogen and oxygen atoms in total. The van der Waals surface area contributed by atoms with Gasteiger partial charge in [0.15, 0.2) is 0 Å². The highest BCUT2D eigenvalue weighted by atomic mass is 32.1. The van der Waals surface area contributed by atoms with Gasteiger partial charge >= 0.3 is 5.97 Å². The normalized spacial score (nSPS) is 12.1. The Morgan fingerprint density at radius 3 is 2.80 bits per heavy atom. The third-order valence-corrected chi connectivity index (χ3v) is 2.83. The van der Waals surface area contributed by atoms with Crippen molar-refractivity contribution in [1.82, 2.24) is 5.32 Å². The minimum Gasteiger partial charge on any atom is -0.480 e. The molecule has 0 unspecified atom stereocenters. The molecule has 1 rings (SSSR count). The molecule has 1 atom stereocenters. The molecule has 5 heteroatoms. The zero-order valence-corrected chi connectivity index (χ0v) is 9.21. The number of carbonyl (C=O) groups is 2. The zero-order valence-electron chi connectivity index (χ0n) is 8.40. The Morgan fingerprint density at radius 2 is 2.33 bits per heavy atom. The molecule has 2 N–H and O–H groups in total. The number of hydrogen-bond acceptors (Lipinski definition) is 3. The van der Waals surface area contributed by atoms with Crippen LogP contribution >= 0.6 is 11.3 Å². The van der Waals surface area contributed by atoms with E-state index in [1.165, 1.54) is 11.3 Å². The average molecular weight is 227 g/mol. The second-order valence-electron chi connectivity index (χ2n) is 3.12. The topological polar surface area (TPSA) is 66.4 Å².